The molecule has 0 saturated heterocycles. The molecule has 7 rings (SSSR count). The summed E-state index contributed by atoms with van der Waals surface area (Å²) in [6, 6.07) is 43.8. The summed E-state index contributed by atoms with van der Waals surface area (Å²) in [5.41, 5.74) is 11.0. The van der Waals surface area contributed by atoms with E-state index in [1.165, 1.54) is 18.2 Å². The zero-order valence-corrected chi connectivity index (χ0v) is 23.4. The molecule has 0 amide bonds. The van der Waals surface area contributed by atoms with Crippen molar-refractivity contribution in [3.63, 3.8) is 0 Å². The maximum Gasteiger partial charge on any atom is 0.340 e. The minimum absolute atomic E-state index is 0.360. The number of carbonyl (C=O) groups excluding carboxylic acids is 1. The lowest BCUT2D eigenvalue weighted by Gasteiger charge is -2.44. The largest absolute Gasteiger partial charge is 0.465 e. The van der Waals surface area contributed by atoms with E-state index >= 15 is 0 Å². The topological polar surface area (TPSA) is 32.8 Å². The minimum atomic E-state index is -0.360. The fraction of sp³-hybridized carbons (Fsp3) is 0.0789. The van der Waals surface area contributed by atoms with E-state index in [-0.39, 0.29) is 5.97 Å². The van der Waals surface area contributed by atoms with Crippen LogP contribution >= 0.6 is 0 Å². The molecular formula is C38H30N2O2. The first-order chi connectivity index (χ1) is 20.7. The van der Waals surface area contributed by atoms with Crippen molar-refractivity contribution in [2.24, 2.45) is 0 Å². The maximum absolute atomic E-state index is 13.3. The van der Waals surface area contributed by atoms with Crippen LogP contribution in [0, 0.1) is 0 Å². The van der Waals surface area contributed by atoms with Gasteiger partial charge in [0, 0.05) is 5.69 Å². The number of carbonyl (C=O) groups is 1. The quantitative estimate of drug-likeness (QED) is 0.206. The van der Waals surface area contributed by atoms with Gasteiger partial charge in [0.25, 0.3) is 0 Å². The summed E-state index contributed by atoms with van der Waals surface area (Å²) in [6.45, 7) is 0. The highest BCUT2D eigenvalue weighted by atomic mass is 16.5. The first-order valence-corrected chi connectivity index (χ1v) is 14.3. The SMILES string of the molecule is COC(=O)c1cc(-c2ccccc2)ccc1N1C2=CCCC=C2N(c2ccc(-c3ccccc3)cc2)c2ccccc21. The van der Waals surface area contributed by atoms with E-state index < -0.39 is 0 Å². The third-order valence-corrected chi connectivity index (χ3v) is 7.93. The van der Waals surface area contributed by atoms with Gasteiger partial charge in [-0.05, 0) is 71.5 Å². The van der Waals surface area contributed by atoms with E-state index in [1.54, 1.807) is 0 Å². The summed E-state index contributed by atoms with van der Waals surface area (Å²) in [7, 11) is 1.44. The fourth-order valence-corrected chi connectivity index (χ4v) is 5.95. The average Bonchev–Trinajstić information content (AvgIpc) is 3.07. The zero-order chi connectivity index (χ0) is 28.5. The third-order valence-electron chi connectivity index (χ3n) is 7.93. The van der Waals surface area contributed by atoms with E-state index in [9.17, 15) is 4.79 Å². The number of benzene rings is 5. The number of allylic oxidation sites excluding steroid dienone is 2. The Hall–Kier alpha value is -5.35. The standard InChI is InChI=1S/C38H30N2O2/c1-42-38(41)32-26-30(28-14-6-3-7-15-28)22-25-33(32)40-36-18-10-8-16-34(36)39(35-17-9-11-19-37(35)40)31-23-20-29(21-24-31)27-12-4-2-5-13-27/h2-8,10,12-26H,9,11H2,1H3. The van der Waals surface area contributed by atoms with Crippen LogP contribution in [-0.4, -0.2) is 13.1 Å². The van der Waals surface area contributed by atoms with Crippen molar-refractivity contribution in [2.45, 2.75) is 12.8 Å². The number of nitrogens with zero attached hydrogens (tertiary/aromatic N) is 2. The van der Waals surface area contributed by atoms with Crippen molar-refractivity contribution in [2.75, 3.05) is 16.9 Å². The first kappa shape index (κ1) is 25.6. The number of ether oxygens (including phenoxy) is 1. The van der Waals surface area contributed by atoms with E-state index in [0.717, 1.165) is 58.1 Å². The normalized spacial score (nSPS) is 13.9. The molecule has 0 unspecified atom stereocenters. The number of methoxy groups -OCH3 is 1. The van der Waals surface area contributed by atoms with Gasteiger partial charge in [-0.3, -0.25) is 0 Å². The Morgan fingerprint density at radius 3 is 1.67 bits per heavy atom. The van der Waals surface area contributed by atoms with Crippen molar-refractivity contribution >= 4 is 28.7 Å². The van der Waals surface area contributed by atoms with Crippen LogP contribution in [0.3, 0.4) is 0 Å². The van der Waals surface area contributed by atoms with Crippen LogP contribution in [0.5, 0.6) is 0 Å². The smallest absolute Gasteiger partial charge is 0.340 e. The van der Waals surface area contributed by atoms with Crippen LogP contribution in [0.4, 0.5) is 22.7 Å². The Bertz CT molecular complexity index is 1820. The predicted octanol–water partition coefficient (Wildman–Crippen LogP) is 9.66. The molecule has 0 bridgehead atoms. The number of esters is 1. The molecule has 0 saturated carbocycles. The lowest BCUT2D eigenvalue weighted by molar-refractivity contribution is 0.0601. The lowest BCUT2D eigenvalue weighted by atomic mass is 9.96. The molecule has 2 aliphatic rings. The van der Waals surface area contributed by atoms with Gasteiger partial charge in [0.15, 0.2) is 0 Å². The van der Waals surface area contributed by atoms with Crippen LogP contribution in [0.2, 0.25) is 0 Å². The second-order valence-electron chi connectivity index (χ2n) is 10.4. The number of fused-ring (bicyclic) bond motifs is 2. The molecule has 1 aliphatic carbocycles. The minimum Gasteiger partial charge on any atom is -0.465 e. The van der Waals surface area contributed by atoms with E-state index in [0.29, 0.717) is 5.56 Å². The van der Waals surface area contributed by atoms with Gasteiger partial charge in [-0.25, -0.2) is 4.79 Å². The van der Waals surface area contributed by atoms with Gasteiger partial charge in [0.2, 0.25) is 0 Å². The second kappa shape index (κ2) is 10.9. The predicted molar refractivity (Wildman–Crippen MR) is 171 cm³/mol. The van der Waals surface area contributed by atoms with Crippen LogP contribution in [0.1, 0.15) is 23.2 Å². The van der Waals surface area contributed by atoms with E-state index in [2.05, 4.69) is 113 Å². The van der Waals surface area contributed by atoms with Crippen LogP contribution in [-0.2, 0) is 4.74 Å². The summed E-state index contributed by atoms with van der Waals surface area (Å²) in [6.07, 6.45) is 6.46. The summed E-state index contributed by atoms with van der Waals surface area (Å²) < 4.78 is 5.31. The van der Waals surface area contributed by atoms with E-state index in [1.807, 2.05) is 36.4 Å². The van der Waals surface area contributed by atoms with Crippen molar-refractivity contribution in [3.8, 4) is 22.3 Å². The molecule has 5 aromatic rings. The molecular weight excluding hydrogens is 516 g/mol. The highest BCUT2D eigenvalue weighted by Gasteiger charge is 2.35. The number of hydrogen-bond acceptors (Lipinski definition) is 4. The van der Waals surface area contributed by atoms with Crippen molar-refractivity contribution < 1.29 is 9.53 Å². The van der Waals surface area contributed by atoms with Gasteiger partial charge >= 0.3 is 5.97 Å². The molecule has 1 heterocycles. The Labute approximate surface area is 246 Å². The molecule has 0 N–H and O–H groups in total. The molecule has 0 spiro atoms. The Morgan fingerprint density at radius 1 is 0.548 bits per heavy atom. The molecule has 0 radical (unpaired) electrons. The highest BCUT2D eigenvalue weighted by Crippen LogP contribution is 2.51. The van der Waals surface area contributed by atoms with Gasteiger partial charge in [-0.2, -0.15) is 0 Å². The summed E-state index contributed by atoms with van der Waals surface area (Å²) in [5, 5.41) is 0. The zero-order valence-electron chi connectivity index (χ0n) is 23.4. The van der Waals surface area contributed by atoms with Crippen LogP contribution in [0.25, 0.3) is 22.3 Å². The summed E-state index contributed by atoms with van der Waals surface area (Å²) in [5.74, 6) is -0.360. The average molecular weight is 547 g/mol. The number of hydrogen-bond donors (Lipinski definition) is 0. The van der Waals surface area contributed by atoms with Gasteiger partial charge in [0.1, 0.15) is 0 Å². The molecule has 0 fully saturated rings. The molecule has 42 heavy (non-hydrogen) atoms. The molecule has 204 valence electrons. The van der Waals surface area contributed by atoms with Gasteiger partial charge in [-0.1, -0.05) is 103 Å². The molecule has 0 atom stereocenters. The second-order valence-corrected chi connectivity index (χ2v) is 10.4. The number of anilines is 4. The first-order valence-electron chi connectivity index (χ1n) is 14.3. The fourth-order valence-electron chi connectivity index (χ4n) is 5.95. The van der Waals surface area contributed by atoms with Gasteiger partial charge < -0.3 is 14.5 Å². The van der Waals surface area contributed by atoms with Crippen LogP contribution in [0.15, 0.2) is 151 Å². The number of rotatable bonds is 5. The maximum atomic E-state index is 13.3. The van der Waals surface area contributed by atoms with E-state index in [4.69, 9.17) is 4.74 Å². The molecule has 1 aliphatic heterocycles. The monoisotopic (exact) mass is 546 g/mol. The lowest BCUT2D eigenvalue weighted by Crippen LogP contribution is -2.34. The van der Waals surface area contributed by atoms with Crippen molar-refractivity contribution in [1.82, 2.24) is 0 Å². The summed E-state index contributed by atoms with van der Waals surface area (Å²) >= 11 is 0. The van der Waals surface area contributed by atoms with Gasteiger partial charge in [-0.15, -0.1) is 0 Å². The summed E-state index contributed by atoms with van der Waals surface area (Å²) in [4.78, 5) is 17.8. The Morgan fingerprint density at radius 2 is 1.05 bits per heavy atom. The number of para-hydroxylation sites is 2. The molecule has 5 aromatic carbocycles. The highest BCUT2D eigenvalue weighted by molar-refractivity contribution is 6.02. The van der Waals surface area contributed by atoms with Crippen molar-refractivity contribution in [3.05, 3.63) is 157 Å². The Balaban J connectivity index is 1.37. The van der Waals surface area contributed by atoms with Crippen LogP contribution < -0.4 is 9.80 Å². The Kier molecular flexibility index (Phi) is 6.65. The van der Waals surface area contributed by atoms with Gasteiger partial charge in [0.05, 0.1) is 41.1 Å². The third kappa shape index (κ3) is 4.47. The molecule has 0 aromatic heterocycles. The van der Waals surface area contributed by atoms with Crippen molar-refractivity contribution in [1.29, 1.82) is 0 Å². The molecule has 4 heteroatoms. The molecule has 4 nitrogen and oxygen atoms in total.